The summed E-state index contributed by atoms with van der Waals surface area (Å²) in [6.07, 6.45) is 1.04. The van der Waals surface area contributed by atoms with Gasteiger partial charge in [0.15, 0.2) is 0 Å². The molecule has 0 radical (unpaired) electrons. The van der Waals surface area contributed by atoms with Crippen LogP contribution in [0.25, 0.3) is 11.1 Å². The Kier molecular flexibility index (Phi) is 6.41. The van der Waals surface area contributed by atoms with Gasteiger partial charge in [0.2, 0.25) is 5.91 Å². The highest BCUT2D eigenvalue weighted by atomic mass is 16.5. The van der Waals surface area contributed by atoms with Gasteiger partial charge in [0, 0.05) is 18.9 Å². The standard InChI is InChI=1S/C24H26N2O6/c27-21(25-11-12-31-15-22(28)29)13-24(9-10-24)26-23(30)32-14-20-18-7-3-1-5-16(18)17-6-2-4-8-19(17)20/h1-8,20H,9-15H2,(H,25,27)(H,26,30)(H,28,29). The van der Waals surface area contributed by atoms with E-state index in [0.717, 1.165) is 11.1 Å². The van der Waals surface area contributed by atoms with Crippen LogP contribution in [0.3, 0.4) is 0 Å². The summed E-state index contributed by atoms with van der Waals surface area (Å²) in [6, 6.07) is 16.3. The quantitative estimate of drug-likeness (QED) is 0.492. The van der Waals surface area contributed by atoms with Gasteiger partial charge in [-0.25, -0.2) is 9.59 Å². The van der Waals surface area contributed by atoms with Gasteiger partial charge < -0.3 is 25.2 Å². The summed E-state index contributed by atoms with van der Waals surface area (Å²) in [5.41, 5.74) is 4.05. The zero-order chi connectivity index (χ0) is 22.6. The Bertz CT molecular complexity index is 972. The first kappa shape index (κ1) is 21.8. The molecule has 168 valence electrons. The number of nitrogens with one attached hydrogen (secondary N) is 2. The second-order valence-corrected chi connectivity index (χ2v) is 8.20. The monoisotopic (exact) mass is 438 g/mol. The highest BCUT2D eigenvalue weighted by molar-refractivity contribution is 5.80. The molecule has 2 amide bonds. The summed E-state index contributed by atoms with van der Waals surface area (Å²) < 4.78 is 10.5. The Morgan fingerprint density at radius 2 is 1.62 bits per heavy atom. The second kappa shape index (κ2) is 9.40. The van der Waals surface area contributed by atoms with Crippen LogP contribution < -0.4 is 10.6 Å². The zero-order valence-electron chi connectivity index (χ0n) is 17.6. The van der Waals surface area contributed by atoms with E-state index in [9.17, 15) is 14.4 Å². The number of aliphatic carboxylic acids is 1. The highest BCUT2D eigenvalue weighted by Crippen LogP contribution is 2.44. The molecule has 2 aromatic carbocycles. The number of ether oxygens (including phenoxy) is 2. The Hall–Kier alpha value is -3.39. The van der Waals surface area contributed by atoms with Crippen LogP contribution in [0.15, 0.2) is 48.5 Å². The molecule has 2 aromatic rings. The largest absolute Gasteiger partial charge is 0.480 e. The molecule has 2 aliphatic rings. The van der Waals surface area contributed by atoms with Gasteiger partial charge >= 0.3 is 12.1 Å². The van der Waals surface area contributed by atoms with E-state index in [0.29, 0.717) is 12.8 Å². The van der Waals surface area contributed by atoms with Crippen LogP contribution in [-0.2, 0) is 19.1 Å². The molecular formula is C24H26N2O6. The van der Waals surface area contributed by atoms with E-state index in [-0.39, 0.29) is 38.0 Å². The molecule has 2 aliphatic carbocycles. The summed E-state index contributed by atoms with van der Waals surface area (Å²) in [6.45, 7) is 0.157. The molecule has 4 rings (SSSR count). The molecule has 1 saturated carbocycles. The summed E-state index contributed by atoms with van der Waals surface area (Å²) in [5, 5.41) is 14.0. The van der Waals surface area contributed by atoms with Crippen LogP contribution in [0.1, 0.15) is 36.3 Å². The summed E-state index contributed by atoms with van der Waals surface area (Å²) in [7, 11) is 0. The van der Waals surface area contributed by atoms with Crippen molar-refractivity contribution in [3.63, 3.8) is 0 Å². The van der Waals surface area contributed by atoms with Gasteiger partial charge in [0.05, 0.1) is 12.1 Å². The van der Waals surface area contributed by atoms with E-state index in [1.807, 2.05) is 24.3 Å². The average Bonchev–Trinajstić information content (AvgIpc) is 3.44. The third kappa shape index (κ3) is 5.08. The summed E-state index contributed by atoms with van der Waals surface area (Å²) in [4.78, 5) is 35.0. The number of carboxylic acid groups (broad SMARTS) is 1. The fourth-order valence-corrected chi connectivity index (χ4v) is 4.14. The summed E-state index contributed by atoms with van der Waals surface area (Å²) >= 11 is 0. The van der Waals surface area contributed by atoms with Gasteiger partial charge in [-0.05, 0) is 35.1 Å². The van der Waals surface area contributed by atoms with Crippen molar-refractivity contribution in [3.8, 4) is 11.1 Å². The number of carbonyl (C=O) groups is 3. The molecule has 1 fully saturated rings. The summed E-state index contributed by atoms with van der Waals surface area (Å²) in [5.74, 6) is -1.29. The molecule has 0 spiro atoms. The third-order valence-corrected chi connectivity index (χ3v) is 5.86. The molecule has 0 atom stereocenters. The van der Waals surface area contributed by atoms with Crippen LogP contribution in [0.2, 0.25) is 0 Å². The van der Waals surface area contributed by atoms with Crippen molar-refractivity contribution in [1.29, 1.82) is 0 Å². The topological polar surface area (TPSA) is 114 Å². The van der Waals surface area contributed by atoms with E-state index in [1.165, 1.54) is 11.1 Å². The van der Waals surface area contributed by atoms with Crippen LogP contribution in [-0.4, -0.2) is 55.0 Å². The van der Waals surface area contributed by atoms with Gasteiger partial charge in [0.1, 0.15) is 13.2 Å². The lowest BCUT2D eigenvalue weighted by atomic mass is 9.98. The smallest absolute Gasteiger partial charge is 0.407 e. The van der Waals surface area contributed by atoms with Crippen molar-refractivity contribution >= 4 is 18.0 Å². The molecule has 32 heavy (non-hydrogen) atoms. The fourth-order valence-electron chi connectivity index (χ4n) is 4.14. The number of rotatable bonds is 10. The highest BCUT2D eigenvalue weighted by Gasteiger charge is 2.46. The first-order valence-electron chi connectivity index (χ1n) is 10.7. The van der Waals surface area contributed by atoms with Gasteiger partial charge in [-0.3, -0.25) is 4.79 Å². The molecule has 0 aliphatic heterocycles. The molecule has 0 bridgehead atoms. The minimum atomic E-state index is -1.06. The lowest BCUT2D eigenvalue weighted by Gasteiger charge is -2.19. The SMILES string of the molecule is O=C(O)COCCNC(=O)CC1(NC(=O)OCC2c3ccccc3-c3ccccc32)CC1. The number of amides is 2. The number of benzene rings is 2. The Labute approximate surface area is 185 Å². The molecule has 0 saturated heterocycles. The van der Waals surface area contributed by atoms with Crippen molar-refractivity contribution in [3.05, 3.63) is 59.7 Å². The van der Waals surface area contributed by atoms with E-state index in [4.69, 9.17) is 14.6 Å². The van der Waals surface area contributed by atoms with E-state index < -0.39 is 24.2 Å². The first-order valence-corrected chi connectivity index (χ1v) is 10.7. The second-order valence-electron chi connectivity index (χ2n) is 8.20. The van der Waals surface area contributed by atoms with Gasteiger partial charge in [0.25, 0.3) is 0 Å². The van der Waals surface area contributed by atoms with Crippen molar-refractivity contribution in [1.82, 2.24) is 10.6 Å². The molecule has 0 unspecified atom stereocenters. The van der Waals surface area contributed by atoms with Crippen molar-refractivity contribution in [2.24, 2.45) is 0 Å². The maximum Gasteiger partial charge on any atom is 0.407 e. The Morgan fingerprint density at radius 1 is 1.00 bits per heavy atom. The Morgan fingerprint density at radius 3 is 2.22 bits per heavy atom. The Balaban J connectivity index is 1.26. The van der Waals surface area contributed by atoms with Crippen molar-refractivity contribution in [2.45, 2.75) is 30.7 Å². The number of hydrogen-bond acceptors (Lipinski definition) is 5. The van der Waals surface area contributed by atoms with Crippen LogP contribution in [0.5, 0.6) is 0 Å². The third-order valence-electron chi connectivity index (χ3n) is 5.86. The van der Waals surface area contributed by atoms with Crippen LogP contribution >= 0.6 is 0 Å². The lowest BCUT2D eigenvalue weighted by Crippen LogP contribution is -2.42. The van der Waals surface area contributed by atoms with Crippen molar-refractivity contribution in [2.75, 3.05) is 26.4 Å². The first-order chi connectivity index (χ1) is 15.5. The molecule has 0 heterocycles. The van der Waals surface area contributed by atoms with E-state index in [2.05, 4.69) is 34.9 Å². The number of hydrogen-bond donors (Lipinski definition) is 3. The minimum Gasteiger partial charge on any atom is -0.480 e. The van der Waals surface area contributed by atoms with Crippen molar-refractivity contribution < 1.29 is 29.0 Å². The molecule has 0 aromatic heterocycles. The van der Waals surface area contributed by atoms with E-state index in [1.54, 1.807) is 0 Å². The van der Waals surface area contributed by atoms with Gasteiger partial charge in [-0.2, -0.15) is 0 Å². The average molecular weight is 438 g/mol. The lowest BCUT2D eigenvalue weighted by molar-refractivity contribution is -0.142. The zero-order valence-corrected chi connectivity index (χ0v) is 17.6. The normalized spacial score (nSPS) is 15.4. The van der Waals surface area contributed by atoms with Gasteiger partial charge in [-0.1, -0.05) is 48.5 Å². The van der Waals surface area contributed by atoms with Gasteiger partial charge in [-0.15, -0.1) is 0 Å². The molecule has 3 N–H and O–H groups in total. The minimum absolute atomic E-state index is 0.0163. The number of carboxylic acids is 1. The van der Waals surface area contributed by atoms with Crippen LogP contribution in [0, 0.1) is 0 Å². The number of fused-ring (bicyclic) bond motifs is 3. The van der Waals surface area contributed by atoms with Crippen LogP contribution in [0.4, 0.5) is 4.79 Å². The predicted molar refractivity (Wildman–Crippen MR) is 116 cm³/mol. The van der Waals surface area contributed by atoms with E-state index >= 15 is 0 Å². The number of alkyl carbamates (subject to hydrolysis) is 1. The molecular weight excluding hydrogens is 412 g/mol. The molecule has 8 heteroatoms. The number of carbonyl (C=O) groups excluding carboxylic acids is 2. The molecule has 8 nitrogen and oxygen atoms in total. The maximum atomic E-state index is 12.5. The maximum absolute atomic E-state index is 12.5. The fraction of sp³-hybridized carbons (Fsp3) is 0.375. The predicted octanol–water partition coefficient (Wildman–Crippen LogP) is 2.67.